The van der Waals surface area contributed by atoms with Gasteiger partial charge in [-0.15, -0.1) is 11.6 Å². The minimum Gasteiger partial charge on any atom is -0.228 e. The molecule has 98 valence electrons. The van der Waals surface area contributed by atoms with Gasteiger partial charge in [-0.2, -0.15) is 0 Å². The molecule has 1 unspecified atom stereocenters. The smallest absolute Gasteiger partial charge is 0.226 e. The van der Waals surface area contributed by atoms with E-state index in [1.165, 1.54) is 0 Å². The molecule has 0 aliphatic heterocycles. The van der Waals surface area contributed by atoms with Crippen LogP contribution in [0.3, 0.4) is 0 Å². The summed E-state index contributed by atoms with van der Waals surface area (Å²) in [6.07, 6.45) is 1.54. The molecular formula is C8H18ClNO4S2. The molecule has 16 heavy (non-hydrogen) atoms. The molecule has 1 N–H and O–H groups in total. The van der Waals surface area contributed by atoms with Crippen LogP contribution in [-0.2, 0) is 19.9 Å². The largest absolute Gasteiger partial charge is 0.228 e. The summed E-state index contributed by atoms with van der Waals surface area (Å²) in [5.74, 6) is 0.363. The van der Waals surface area contributed by atoms with Crippen LogP contribution < -0.4 is 4.72 Å². The highest BCUT2D eigenvalue weighted by atomic mass is 35.5. The van der Waals surface area contributed by atoms with Gasteiger partial charge < -0.3 is 0 Å². The van der Waals surface area contributed by atoms with Crippen LogP contribution in [-0.4, -0.2) is 40.1 Å². The lowest BCUT2D eigenvalue weighted by atomic mass is 10.1. The van der Waals surface area contributed by atoms with E-state index in [0.717, 1.165) is 6.26 Å². The first kappa shape index (κ1) is 16.1. The molecule has 0 fully saturated rings. The molecule has 0 rings (SSSR count). The van der Waals surface area contributed by atoms with Gasteiger partial charge in [0.05, 0.1) is 0 Å². The summed E-state index contributed by atoms with van der Waals surface area (Å²) in [4.78, 5) is 0. The van der Waals surface area contributed by atoms with Crippen molar-refractivity contribution in [3.63, 3.8) is 0 Å². The van der Waals surface area contributed by atoms with Crippen LogP contribution in [0, 0.1) is 5.92 Å². The predicted octanol–water partition coefficient (Wildman–Crippen LogP) is 0.561. The van der Waals surface area contributed by atoms with Crippen LogP contribution in [0.4, 0.5) is 0 Å². The van der Waals surface area contributed by atoms with E-state index in [9.17, 15) is 16.8 Å². The molecule has 0 saturated carbocycles. The van der Waals surface area contributed by atoms with E-state index in [1.807, 2.05) is 13.8 Å². The normalized spacial score (nSPS) is 15.3. The first-order chi connectivity index (χ1) is 7.02. The number of hydrogen-bond donors (Lipinski definition) is 1. The van der Waals surface area contributed by atoms with Crippen molar-refractivity contribution in [1.29, 1.82) is 0 Å². The van der Waals surface area contributed by atoms with Crippen molar-refractivity contribution in [3.05, 3.63) is 0 Å². The SMILES string of the molecule is CC(C)CC(Cl)CNS(=O)(=O)CS(C)(=O)=O. The molecule has 0 heterocycles. The van der Waals surface area contributed by atoms with Crippen LogP contribution in [0.15, 0.2) is 0 Å². The van der Waals surface area contributed by atoms with Crippen molar-refractivity contribution < 1.29 is 16.8 Å². The van der Waals surface area contributed by atoms with Crippen LogP contribution in [0.2, 0.25) is 0 Å². The zero-order chi connectivity index (χ0) is 13.0. The third-order valence-electron chi connectivity index (χ3n) is 1.62. The lowest BCUT2D eigenvalue weighted by Crippen LogP contribution is -2.34. The van der Waals surface area contributed by atoms with Gasteiger partial charge >= 0.3 is 0 Å². The minimum absolute atomic E-state index is 0.0532. The van der Waals surface area contributed by atoms with Crippen LogP contribution in [0.25, 0.3) is 0 Å². The number of sulfone groups is 1. The molecule has 0 bridgehead atoms. The van der Waals surface area contributed by atoms with Crippen molar-refractivity contribution in [2.45, 2.75) is 25.6 Å². The zero-order valence-electron chi connectivity index (χ0n) is 9.60. The first-order valence-electron chi connectivity index (χ1n) is 4.81. The number of hydrogen-bond acceptors (Lipinski definition) is 4. The number of nitrogens with one attached hydrogen (secondary N) is 1. The molecular weight excluding hydrogens is 274 g/mol. The second-order valence-electron chi connectivity index (χ2n) is 4.23. The molecule has 1 atom stereocenters. The zero-order valence-corrected chi connectivity index (χ0v) is 12.0. The van der Waals surface area contributed by atoms with Gasteiger partial charge in [-0.25, -0.2) is 21.6 Å². The van der Waals surface area contributed by atoms with E-state index in [2.05, 4.69) is 4.72 Å². The summed E-state index contributed by atoms with van der Waals surface area (Å²) >= 11 is 5.88. The predicted molar refractivity (Wildman–Crippen MR) is 65.7 cm³/mol. The Hall–Kier alpha value is 0.150. The molecule has 0 radical (unpaired) electrons. The highest BCUT2D eigenvalue weighted by molar-refractivity contribution is 8.06. The Labute approximate surface area is 103 Å². The molecule has 8 heteroatoms. The molecule has 5 nitrogen and oxygen atoms in total. The second kappa shape index (κ2) is 6.18. The van der Waals surface area contributed by atoms with E-state index >= 15 is 0 Å². The Morgan fingerprint density at radius 3 is 2.06 bits per heavy atom. The fraction of sp³-hybridized carbons (Fsp3) is 1.00. The topological polar surface area (TPSA) is 80.3 Å². The van der Waals surface area contributed by atoms with Gasteiger partial charge in [0.15, 0.2) is 14.9 Å². The van der Waals surface area contributed by atoms with E-state index in [4.69, 9.17) is 11.6 Å². The van der Waals surface area contributed by atoms with Crippen molar-refractivity contribution in [2.24, 2.45) is 5.92 Å². The Kier molecular flexibility index (Phi) is 6.24. The first-order valence-corrected chi connectivity index (χ1v) is 8.96. The Morgan fingerprint density at radius 1 is 1.19 bits per heavy atom. The Bertz CT molecular complexity index is 402. The van der Waals surface area contributed by atoms with E-state index in [1.54, 1.807) is 0 Å². The summed E-state index contributed by atoms with van der Waals surface area (Å²) < 4.78 is 46.4. The van der Waals surface area contributed by atoms with Crippen LogP contribution in [0.5, 0.6) is 0 Å². The fourth-order valence-electron chi connectivity index (χ4n) is 1.14. The van der Waals surface area contributed by atoms with Crippen LogP contribution >= 0.6 is 11.6 Å². The third-order valence-corrected chi connectivity index (χ3v) is 5.51. The highest BCUT2D eigenvalue weighted by Crippen LogP contribution is 2.09. The lowest BCUT2D eigenvalue weighted by Gasteiger charge is -2.12. The average Bonchev–Trinajstić information content (AvgIpc) is 1.95. The van der Waals surface area contributed by atoms with Crippen molar-refractivity contribution in [3.8, 4) is 0 Å². The minimum atomic E-state index is -3.79. The molecule has 0 aromatic rings. The maximum atomic E-state index is 11.3. The third kappa shape index (κ3) is 9.38. The Morgan fingerprint density at radius 2 is 1.69 bits per heavy atom. The van der Waals surface area contributed by atoms with Gasteiger partial charge in [-0.1, -0.05) is 13.8 Å². The maximum absolute atomic E-state index is 11.3. The summed E-state index contributed by atoms with van der Waals surface area (Å²) in [6.45, 7) is 4.00. The van der Waals surface area contributed by atoms with Crippen molar-refractivity contribution in [2.75, 3.05) is 17.9 Å². The maximum Gasteiger partial charge on any atom is 0.226 e. The second-order valence-corrected chi connectivity index (χ2v) is 9.16. The van der Waals surface area contributed by atoms with Gasteiger partial charge in [-0.3, -0.25) is 0 Å². The Balaban J connectivity index is 4.20. The van der Waals surface area contributed by atoms with Crippen LogP contribution in [0.1, 0.15) is 20.3 Å². The molecule has 0 amide bonds. The average molecular weight is 292 g/mol. The summed E-state index contributed by atoms with van der Waals surface area (Å²) in [5.41, 5.74) is 0. The van der Waals surface area contributed by atoms with Crippen molar-refractivity contribution in [1.82, 2.24) is 4.72 Å². The highest BCUT2D eigenvalue weighted by Gasteiger charge is 2.19. The monoisotopic (exact) mass is 291 g/mol. The number of rotatable bonds is 7. The van der Waals surface area contributed by atoms with E-state index in [0.29, 0.717) is 12.3 Å². The van der Waals surface area contributed by atoms with Gasteiger partial charge in [-0.05, 0) is 12.3 Å². The molecule has 0 aromatic heterocycles. The molecule has 0 saturated heterocycles. The molecule has 0 aliphatic rings. The quantitative estimate of drug-likeness (QED) is 0.695. The summed E-state index contributed by atoms with van der Waals surface area (Å²) in [5, 5.41) is -1.22. The molecule has 0 aromatic carbocycles. The van der Waals surface area contributed by atoms with Crippen molar-refractivity contribution >= 4 is 31.5 Å². The van der Waals surface area contributed by atoms with E-state index < -0.39 is 24.9 Å². The number of alkyl halides is 1. The van der Waals surface area contributed by atoms with Gasteiger partial charge in [0.2, 0.25) is 10.0 Å². The van der Waals surface area contributed by atoms with E-state index in [-0.39, 0.29) is 11.9 Å². The number of sulfonamides is 1. The molecule has 0 spiro atoms. The lowest BCUT2D eigenvalue weighted by molar-refractivity contribution is 0.545. The standard InChI is InChI=1S/C8H18ClNO4S2/c1-7(2)4-8(9)5-10-16(13,14)6-15(3,11)12/h7-8,10H,4-6H2,1-3H3. The summed E-state index contributed by atoms with van der Waals surface area (Å²) in [6, 6.07) is 0. The van der Waals surface area contributed by atoms with Gasteiger partial charge in [0, 0.05) is 18.2 Å². The fourth-order valence-corrected chi connectivity index (χ4v) is 4.70. The van der Waals surface area contributed by atoms with Gasteiger partial charge in [0.25, 0.3) is 0 Å². The van der Waals surface area contributed by atoms with Gasteiger partial charge in [0.1, 0.15) is 0 Å². The molecule has 0 aliphatic carbocycles. The number of halogens is 1. The summed E-state index contributed by atoms with van der Waals surface area (Å²) in [7, 11) is -7.34.